The fourth-order valence-electron chi connectivity index (χ4n) is 3.26. The smallest absolute Gasteiger partial charge is 0.253 e. The van der Waals surface area contributed by atoms with E-state index < -0.39 is 12.1 Å². The second-order valence-electron chi connectivity index (χ2n) is 6.76. The summed E-state index contributed by atoms with van der Waals surface area (Å²) in [6, 6.07) is 0.0996. The van der Waals surface area contributed by atoms with Gasteiger partial charge in [0.2, 0.25) is 6.23 Å². The van der Waals surface area contributed by atoms with E-state index in [2.05, 4.69) is 16.7 Å². The summed E-state index contributed by atoms with van der Waals surface area (Å²) < 4.78 is 20.1. The van der Waals surface area contributed by atoms with E-state index >= 15 is 0 Å². The number of rotatable bonds is 5. The number of hydrogen-bond donors (Lipinski definition) is 2. The van der Waals surface area contributed by atoms with Crippen molar-refractivity contribution in [3.63, 3.8) is 0 Å². The Morgan fingerprint density at radius 3 is 2.89 bits per heavy atom. The summed E-state index contributed by atoms with van der Waals surface area (Å²) in [5.41, 5.74) is 0.282. The first-order valence-electron chi connectivity index (χ1n) is 9.17. The molecule has 0 bridgehead atoms. The Hall–Kier alpha value is -1.99. The van der Waals surface area contributed by atoms with Gasteiger partial charge in [-0.25, -0.2) is 4.39 Å². The first-order valence-corrected chi connectivity index (χ1v) is 10.4. The van der Waals surface area contributed by atoms with Crippen molar-refractivity contribution in [2.45, 2.75) is 31.5 Å². The lowest BCUT2D eigenvalue weighted by Crippen LogP contribution is -2.46. The molecule has 0 spiro atoms. The van der Waals surface area contributed by atoms with E-state index in [0.717, 1.165) is 32.4 Å². The summed E-state index contributed by atoms with van der Waals surface area (Å²) in [6.45, 7) is 1.75. The highest BCUT2D eigenvalue weighted by Crippen LogP contribution is 2.27. The zero-order valence-electron chi connectivity index (χ0n) is 15.7. The molecule has 0 radical (unpaired) electrons. The molecule has 7 heteroatoms. The number of hydrogen-bond acceptors (Lipinski definition) is 5. The number of thioether (sulfide) groups is 1. The van der Waals surface area contributed by atoms with Gasteiger partial charge in [0.15, 0.2) is 0 Å². The summed E-state index contributed by atoms with van der Waals surface area (Å²) in [4.78, 5) is 15.6. The minimum Gasteiger partial charge on any atom is -0.466 e. The lowest BCUT2D eigenvalue weighted by Gasteiger charge is -2.33. The third-order valence-corrected chi connectivity index (χ3v) is 5.53. The Morgan fingerprint density at radius 1 is 1.37 bits per heavy atom. The van der Waals surface area contributed by atoms with Crippen molar-refractivity contribution in [2.75, 3.05) is 26.4 Å². The van der Waals surface area contributed by atoms with Crippen molar-refractivity contribution in [1.82, 2.24) is 15.5 Å². The first-order chi connectivity index (χ1) is 13.1. The Bertz CT molecular complexity index is 721. The number of amides is 1. The third-order valence-electron chi connectivity index (χ3n) is 4.72. The highest BCUT2D eigenvalue weighted by molar-refractivity contribution is 8.02. The van der Waals surface area contributed by atoms with E-state index in [1.165, 1.54) is 17.2 Å². The second kappa shape index (κ2) is 9.28. The van der Waals surface area contributed by atoms with Gasteiger partial charge in [0.25, 0.3) is 5.91 Å². The van der Waals surface area contributed by atoms with E-state index in [4.69, 9.17) is 4.74 Å². The van der Waals surface area contributed by atoms with Gasteiger partial charge in [-0.15, -0.1) is 11.8 Å². The average Bonchev–Trinajstić information content (AvgIpc) is 2.89. The van der Waals surface area contributed by atoms with Crippen LogP contribution in [0.4, 0.5) is 4.39 Å². The van der Waals surface area contributed by atoms with Crippen LogP contribution in [-0.2, 0) is 9.53 Å². The Labute approximate surface area is 164 Å². The number of likely N-dealkylation sites (N-methyl/N-ethyl adjacent to an activating group) is 1. The van der Waals surface area contributed by atoms with Gasteiger partial charge in [0.1, 0.15) is 11.6 Å². The second-order valence-corrected chi connectivity index (χ2v) is 7.70. The largest absolute Gasteiger partial charge is 0.466 e. The molecule has 1 aliphatic carbocycles. The number of allylic oxidation sites excluding steroid dienone is 7. The molecule has 146 valence electrons. The monoisotopic (exact) mass is 391 g/mol. The molecule has 3 aliphatic rings. The van der Waals surface area contributed by atoms with E-state index in [1.54, 1.807) is 23.7 Å². The van der Waals surface area contributed by atoms with Gasteiger partial charge in [-0.1, -0.05) is 12.2 Å². The fraction of sp³-hybridized carbons (Fsp3) is 0.450. The van der Waals surface area contributed by atoms with Crippen LogP contribution in [0.2, 0.25) is 0 Å². The van der Waals surface area contributed by atoms with Crippen LogP contribution in [0.25, 0.3) is 0 Å². The van der Waals surface area contributed by atoms with Crippen LogP contribution in [0, 0.1) is 0 Å². The quantitative estimate of drug-likeness (QED) is 0.755. The maximum atomic E-state index is 14.0. The molecule has 1 amide bonds. The molecule has 2 aliphatic heterocycles. The fourth-order valence-corrected chi connectivity index (χ4v) is 3.75. The van der Waals surface area contributed by atoms with E-state index in [9.17, 15) is 9.18 Å². The maximum absolute atomic E-state index is 14.0. The highest BCUT2D eigenvalue weighted by atomic mass is 32.2. The summed E-state index contributed by atoms with van der Waals surface area (Å²) in [6.07, 6.45) is 14.4. The molecule has 1 atom stereocenters. The molecule has 0 saturated carbocycles. The number of nitrogens with one attached hydrogen (secondary N) is 2. The number of piperidine rings is 1. The van der Waals surface area contributed by atoms with Crippen molar-refractivity contribution in [2.24, 2.45) is 0 Å². The predicted molar refractivity (Wildman–Crippen MR) is 107 cm³/mol. The molecular formula is C20H26FN3O2S. The summed E-state index contributed by atoms with van der Waals surface area (Å²) in [7, 11) is 1.71. The number of ether oxygens (including phenoxy) is 1. The number of halogens is 1. The molecular weight excluding hydrogens is 365 g/mol. The Morgan fingerprint density at radius 2 is 2.15 bits per heavy atom. The molecule has 0 aromatic carbocycles. The van der Waals surface area contributed by atoms with Gasteiger partial charge < -0.3 is 20.3 Å². The predicted octanol–water partition coefficient (Wildman–Crippen LogP) is 2.97. The number of carbonyl (C=O) groups excluding carboxylic acids is 1. The molecule has 2 heterocycles. The van der Waals surface area contributed by atoms with Crippen molar-refractivity contribution in [1.29, 1.82) is 0 Å². The number of nitrogens with zero attached hydrogens (tertiary/aromatic N) is 1. The zero-order chi connectivity index (χ0) is 19.2. The van der Waals surface area contributed by atoms with Crippen LogP contribution in [0.3, 0.4) is 0 Å². The van der Waals surface area contributed by atoms with Gasteiger partial charge in [-0.2, -0.15) is 0 Å². The maximum Gasteiger partial charge on any atom is 0.253 e. The van der Waals surface area contributed by atoms with Crippen LogP contribution in [0.15, 0.2) is 58.6 Å². The normalized spacial score (nSPS) is 23.7. The number of carbonyl (C=O) groups is 1. The average molecular weight is 392 g/mol. The topological polar surface area (TPSA) is 53.6 Å². The van der Waals surface area contributed by atoms with Crippen molar-refractivity contribution < 1.29 is 13.9 Å². The molecule has 3 rings (SSSR count). The van der Waals surface area contributed by atoms with Gasteiger partial charge in [0.05, 0.1) is 5.57 Å². The lowest BCUT2D eigenvalue weighted by atomic mass is 10.0. The third kappa shape index (κ3) is 5.26. The zero-order valence-corrected chi connectivity index (χ0v) is 16.5. The van der Waals surface area contributed by atoms with Gasteiger partial charge in [-0.05, 0) is 61.7 Å². The van der Waals surface area contributed by atoms with E-state index in [0.29, 0.717) is 5.76 Å². The molecule has 1 saturated heterocycles. The molecule has 2 N–H and O–H groups in total. The summed E-state index contributed by atoms with van der Waals surface area (Å²) in [5, 5.41) is 6.30. The minimum absolute atomic E-state index is 0.0996. The van der Waals surface area contributed by atoms with Crippen LogP contribution in [0.5, 0.6) is 0 Å². The van der Waals surface area contributed by atoms with Crippen molar-refractivity contribution in [3.05, 3.63) is 58.6 Å². The molecule has 27 heavy (non-hydrogen) atoms. The van der Waals surface area contributed by atoms with Crippen LogP contribution in [-0.4, -0.2) is 49.5 Å². The highest BCUT2D eigenvalue weighted by Gasteiger charge is 2.31. The lowest BCUT2D eigenvalue weighted by molar-refractivity contribution is -0.120. The van der Waals surface area contributed by atoms with Crippen LogP contribution >= 0.6 is 11.8 Å². The van der Waals surface area contributed by atoms with Crippen LogP contribution in [0.1, 0.15) is 19.3 Å². The van der Waals surface area contributed by atoms with E-state index in [1.807, 2.05) is 24.5 Å². The van der Waals surface area contributed by atoms with Gasteiger partial charge >= 0.3 is 0 Å². The summed E-state index contributed by atoms with van der Waals surface area (Å²) >= 11 is 1.66. The molecule has 1 fully saturated rings. The van der Waals surface area contributed by atoms with Crippen LogP contribution < -0.4 is 10.6 Å². The van der Waals surface area contributed by atoms with Gasteiger partial charge in [0, 0.05) is 19.3 Å². The van der Waals surface area contributed by atoms with Gasteiger partial charge in [-0.3, -0.25) is 4.79 Å². The standard InChI is InChI=1S/C20H26FN3O2S/c1-24-13-14(21)11-18(19(25)23-15-7-9-22-10-8-15)20(24)26-16-5-3-4-6-17(12-16)27-2/h3-5,11-13,15,20,22H,6-10H2,1-2H3,(H,23,25). The molecule has 0 aromatic rings. The Kier molecular flexibility index (Phi) is 6.79. The summed E-state index contributed by atoms with van der Waals surface area (Å²) in [5.74, 6) is -0.0787. The Balaban J connectivity index is 1.77. The van der Waals surface area contributed by atoms with E-state index in [-0.39, 0.29) is 17.5 Å². The molecule has 0 aromatic heterocycles. The first kappa shape index (κ1) is 19.8. The van der Waals surface area contributed by atoms with Crippen molar-refractivity contribution in [3.8, 4) is 0 Å². The SMILES string of the molecule is CSC1=CC(OC2C(C(=O)NC3CCNCC3)=CC(F)=CN2C)=CC=CC1. The molecule has 1 unspecified atom stereocenters. The minimum atomic E-state index is -0.677. The van der Waals surface area contributed by atoms with Crippen molar-refractivity contribution >= 4 is 17.7 Å². The molecule has 5 nitrogen and oxygen atoms in total.